The Labute approximate surface area is 125 Å². The molecule has 1 aliphatic carbocycles. The molecule has 120 valence electrons. The molecule has 6 nitrogen and oxygen atoms in total. The lowest BCUT2D eigenvalue weighted by Crippen LogP contribution is -2.38. The normalized spacial score (nSPS) is 15.4. The van der Waals surface area contributed by atoms with Crippen LogP contribution in [-0.4, -0.2) is 36.0 Å². The third kappa shape index (κ3) is 9.05. The number of hydrogen-bond acceptors (Lipinski definition) is 3. The molecule has 1 saturated carbocycles. The van der Waals surface area contributed by atoms with Crippen molar-refractivity contribution in [3.63, 3.8) is 0 Å². The minimum Gasteiger partial charge on any atom is -0.481 e. The van der Waals surface area contributed by atoms with Crippen LogP contribution in [0.1, 0.15) is 57.8 Å². The van der Waals surface area contributed by atoms with Gasteiger partial charge in [0, 0.05) is 19.4 Å². The zero-order valence-corrected chi connectivity index (χ0v) is 12.5. The summed E-state index contributed by atoms with van der Waals surface area (Å²) in [6, 6.07) is 0. The smallest absolute Gasteiger partial charge is 0.303 e. The predicted molar refractivity (Wildman–Crippen MR) is 78.7 cm³/mol. The summed E-state index contributed by atoms with van der Waals surface area (Å²) < 4.78 is 0. The largest absolute Gasteiger partial charge is 0.481 e. The first-order valence-corrected chi connectivity index (χ1v) is 7.83. The fraction of sp³-hybridized carbons (Fsp3) is 0.800. The van der Waals surface area contributed by atoms with Gasteiger partial charge >= 0.3 is 5.97 Å². The Hall–Kier alpha value is -1.59. The Balaban J connectivity index is 2.01. The van der Waals surface area contributed by atoms with Crippen molar-refractivity contribution in [2.24, 2.45) is 5.92 Å². The summed E-state index contributed by atoms with van der Waals surface area (Å²) in [6.07, 6.45) is 7.72. The van der Waals surface area contributed by atoms with Crippen LogP contribution in [0.5, 0.6) is 0 Å². The van der Waals surface area contributed by atoms with Gasteiger partial charge in [0.25, 0.3) is 0 Å². The maximum Gasteiger partial charge on any atom is 0.303 e. The summed E-state index contributed by atoms with van der Waals surface area (Å²) in [6.45, 7) is 0.453. The standard InChI is InChI=1S/C15H26N2O4/c18-13(10-12-6-2-1-3-7-12)17-11-14(19)16-9-5-4-8-15(20)21/h12H,1-11H2,(H,16,19)(H,17,18)(H,20,21). The first-order valence-electron chi connectivity index (χ1n) is 7.83. The van der Waals surface area contributed by atoms with E-state index in [2.05, 4.69) is 10.6 Å². The van der Waals surface area contributed by atoms with Gasteiger partial charge in [-0.1, -0.05) is 19.3 Å². The van der Waals surface area contributed by atoms with E-state index in [0.717, 1.165) is 12.8 Å². The molecular weight excluding hydrogens is 272 g/mol. The summed E-state index contributed by atoms with van der Waals surface area (Å²) in [4.78, 5) is 33.5. The van der Waals surface area contributed by atoms with Crippen molar-refractivity contribution in [2.75, 3.05) is 13.1 Å². The van der Waals surface area contributed by atoms with Crippen molar-refractivity contribution in [1.29, 1.82) is 0 Å². The summed E-state index contributed by atoms with van der Waals surface area (Å²) in [5, 5.41) is 13.8. The van der Waals surface area contributed by atoms with E-state index in [1.54, 1.807) is 0 Å². The van der Waals surface area contributed by atoms with Crippen LogP contribution >= 0.6 is 0 Å². The fourth-order valence-corrected chi connectivity index (χ4v) is 2.60. The highest BCUT2D eigenvalue weighted by atomic mass is 16.4. The zero-order valence-electron chi connectivity index (χ0n) is 12.5. The van der Waals surface area contributed by atoms with Gasteiger partial charge < -0.3 is 15.7 Å². The number of rotatable bonds is 9. The van der Waals surface area contributed by atoms with Crippen LogP contribution in [-0.2, 0) is 14.4 Å². The molecule has 0 atom stereocenters. The summed E-state index contributed by atoms with van der Waals surface area (Å²) >= 11 is 0. The highest BCUT2D eigenvalue weighted by Crippen LogP contribution is 2.25. The van der Waals surface area contributed by atoms with Crippen molar-refractivity contribution in [3.05, 3.63) is 0 Å². The van der Waals surface area contributed by atoms with E-state index in [1.807, 2.05) is 0 Å². The van der Waals surface area contributed by atoms with Crippen LogP contribution in [0.2, 0.25) is 0 Å². The Morgan fingerprint density at radius 3 is 2.33 bits per heavy atom. The minimum atomic E-state index is -0.823. The molecule has 2 amide bonds. The third-order valence-electron chi connectivity index (χ3n) is 3.78. The number of carbonyl (C=O) groups excluding carboxylic acids is 2. The van der Waals surface area contributed by atoms with Gasteiger partial charge in [0.05, 0.1) is 6.54 Å². The van der Waals surface area contributed by atoms with Crippen LogP contribution in [0.3, 0.4) is 0 Å². The van der Waals surface area contributed by atoms with Gasteiger partial charge in [-0.05, 0) is 31.6 Å². The van der Waals surface area contributed by atoms with Gasteiger partial charge in [0.1, 0.15) is 0 Å². The monoisotopic (exact) mass is 298 g/mol. The molecule has 0 saturated heterocycles. The lowest BCUT2D eigenvalue weighted by atomic mass is 9.87. The number of carboxylic acids is 1. The second kappa shape index (κ2) is 10.2. The van der Waals surface area contributed by atoms with E-state index >= 15 is 0 Å². The van der Waals surface area contributed by atoms with Crippen molar-refractivity contribution in [3.8, 4) is 0 Å². The fourth-order valence-electron chi connectivity index (χ4n) is 2.60. The van der Waals surface area contributed by atoms with Crippen molar-refractivity contribution in [2.45, 2.75) is 57.8 Å². The summed E-state index contributed by atoms with van der Waals surface area (Å²) in [5.74, 6) is -0.626. The maximum atomic E-state index is 11.7. The molecule has 0 aliphatic heterocycles. The molecule has 0 spiro atoms. The summed E-state index contributed by atoms with van der Waals surface area (Å²) in [5.41, 5.74) is 0. The Morgan fingerprint density at radius 2 is 1.67 bits per heavy atom. The summed E-state index contributed by atoms with van der Waals surface area (Å²) in [7, 11) is 0. The highest BCUT2D eigenvalue weighted by molar-refractivity contribution is 5.84. The SMILES string of the molecule is O=C(O)CCCCNC(=O)CNC(=O)CC1CCCCC1. The Morgan fingerprint density at radius 1 is 0.952 bits per heavy atom. The average molecular weight is 298 g/mol. The van der Waals surface area contributed by atoms with Gasteiger partial charge in [-0.15, -0.1) is 0 Å². The molecule has 0 radical (unpaired) electrons. The topological polar surface area (TPSA) is 95.5 Å². The van der Waals surface area contributed by atoms with E-state index < -0.39 is 5.97 Å². The number of nitrogens with one attached hydrogen (secondary N) is 2. The molecular formula is C15H26N2O4. The quantitative estimate of drug-likeness (QED) is 0.561. The van der Waals surface area contributed by atoms with Gasteiger partial charge in [0.2, 0.25) is 11.8 Å². The van der Waals surface area contributed by atoms with Crippen LogP contribution in [0.25, 0.3) is 0 Å². The van der Waals surface area contributed by atoms with E-state index in [1.165, 1.54) is 19.3 Å². The number of aliphatic carboxylic acids is 1. The van der Waals surface area contributed by atoms with E-state index in [4.69, 9.17) is 5.11 Å². The molecule has 0 heterocycles. The van der Waals surface area contributed by atoms with E-state index in [0.29, 0.717) is 31.7 Å². The van der Waals surface area contributed by atoms with E-state index in [9.17, 15) is 14.4 Å². The minimum absolute atomic E-state index is 0.00445. The van der Waals surface area contributed by atoms with Crippen LogP contribution in [0.4, 0.5) is 0 Å². The van der Waals surface area contributed by atoms with Gasteiger partial charge in [-0.2, -0.15) is 0 Å². The Bertz CT molecular complexity index is 352. The van der Waals surface area contributed by atoms with Crippen molar-refractivity contribution >= 4 is 17.8 Å². The van der Waals surface area contributed by atoms with Gasteiger partial charge in [-0.25, -0.2) is 0 Å². The van der Waals surface area contributed by atoms with Crippen molar-refractivity contribution in [1.82, 2.24) is 10.6 Å². The molecule has 0 bridgehead atoms. The molecule has 3 N–H and O–H groups in total. The number of hydrogen-bond donors (Lipinski definition) is 3. The first-order chi connectivity index (χ1) is 10.1. The molecule has 1 aliphatic rings. The molecule has 1 fully saturated rings. The lowest BCUT2D eigenvalue weighted by molar-refractivity contribution is -0.137. The number of carboxylic acid groups (broad SMARTS) is 1. The third-order valence-corrected chi connectivity index (χ3v) is 3.78. The number of carbonyl (C=O) groups is 3. The van der Waals surface area contributed by atoms with Crippen molar-refractivity contribution < 1.29 is 19.5 Å². The number of amides is 2. The average Bonchev–Trinajstić information content (AvgIpc) is 2.45. The number of unbranched alkanes of at least 4 members (excludes halogenated alkanes) is 1. The first kappa shape index (κ1) is 17.5. The van der Waals surface area contributed by atoms with E-state index in [-0.39, 0.29) is 24.8 Å². The van der Waals surface area contributed by atoms with Gasteiger partial charge in [-0.3, -0.25) is 14.4 Å². The van der Waals surface area contributed by atoms with Crippen LogP contribution in [0, 0.1) is 5.92 Å². The molecule has 1 rings (SSSR count). The maximum absolute atomic E-state index is 11.7. The molecule has 0 aromatic carbocycles. The van der Waals surface area contributed by atoms with Crippen LogP contribution < -0.4 is 10.6 Å². The molecule has 0 unspecified atom stereocenters. The Kier molecular flexibility index (Phi) is 8.47. The second-order valence-electron chi connectivity index (χ2n) is 5.69. The second-order valence-corrected chi connectivity index (χ2v) is 5.69. The lowest BCUT2D eigenvalue weighted by Gasteiger charge is -2.20. The molecule has 6 heteroatoms. The molecule has 0 aromatic heterocycles. The van der Waals surface area contributed by atoms with Gasteiger partial charge in [0.15, 0.2) is 0 Å². The molecule has 21 heavy (non-hydrogen) atoms. The zero-order chi connectivity index (χ0) is 15.5. The highest BCUT2D eigenvalue weighted by Gasteiger charge is 2.17. The van der Waals surface area contributed by atoms with Crippen LogP contribution in [0.15, 0.2) is 0 Å². The predicted octanol–water partition coefficient (Wildman–Crippen LogP) is 1.44. The molecule has 0 aromatic rings.